The van der Waals surface area contributed by atoms with Gasteiger partial charge in [0.25, 0.3) is 12.3 Å². The van der Waals surface area contributed by atoms with Crippen LogP contribution < -0.4 is 5.32 Å². The number of ether oxygens (including phenoxy) is 1. The maximum atomic E-state index is 13.3. The number of halogens is 5. The summed E-state index contributed by atoms with van der Waals surface area (Å²) in [6, 6.07) is 2.24. The first-order chi connectivity index (χ1) is 15.1. The van der Waals surface area contributed by atoms with Gasteiger partial charge in [0.05, 0.1) is 18.7 Å². The van der Waals surface area contributed by atoms with Gasteiger partial charge in [-0.15, -0.1) is 10.2 Å². The fourth-order valence-corrected chi connectivity index (χ4v) is 2.75. The molecule has 1 atom stereocenters. The van der Waals surface area contributed by atoms with Crippen LogP contribution in [0.5, 0.6) is 0 Å². The highest BCUT2D eigenvalue weighted by molar-refractivity contribution is 6.04. The number of hydrogen-bond donors (Lipinski definition) is 1. The summed E-state index contributed by atoms with van der Waals surface area (Å²) in [5.41, 5.74) is -1.08. The zero-order valence-electron chi connectivity index (χ0n) is 16.8. The number of pyridine rings is 1. The standard InChI is InChI=1S/C18H18F5N7O2/c1-10(18(21,22)23)30-9-24-27-16(30)12-4-3-5-13(25-12)26-17(31)11-8-29(6-7-32-2)28-14(11)15(19)20/h3-5,8-10,15H,6-7H2,1-2H3,(H,25,26,31)/t10-/m1/s1. The van der Waals surface area contributed by atoms with E-state index in [9.17, 15) is 26.7 Å². The molecular weight excluding hydrogens is 441 g/mol. The van der Waals surface area contributed by atoms with E-state index in [1.54, 1.807) is 0 Å². The molecule has 0 bridgehead atoms. The predicted octanol–water partition coefficient (Wildman–Crippen LogP) is 3.50. The van der Waals surface area contributed by atoms with Crippen LogP contribution in [0.25, 0.3) is 11.5 Å². The molecule has 0 aliphatic heterocycles. The van der Waals surface area contributed by atoms with E-state index in [2.05, 4.69) is 25.6 Å². The van der Waals surface area contributed by atoms with E-state index in [4.69, 9.17) is 4.74 Å². The average Bonchev–Trinajstić information content (AvgIpc) is 3.38. The maximum Gasteiger partial charge on any atom is 0.408 e. The third kappa shape index (κ3) is 5.07. The van der Waals surface area contributed by atoms with E-state index < -0.39 is 30.2 Å². The van der Waals surface area contributed by atoms with Gasteiger partial charge in [-0.05, 0) is 19.1 Å². The molecule has 0 aliphatic carbocycles. The first kappa shape index (κ1) is 23.2. The summed E-state index contributed by atoms with van der Waals surface area (Å²) in [5, 5.41) is 13.2. The molecule has 0 spiro atoms. The van der Waals surface area contributed by atoms with Crippen LogP contribution in [-0.2, 0) is 11.3 Å². The Morgan fingerprint density at radius 3 is 2.69 bits per heavy atom. The highest BCUT2D eigenvalue weighted by Crippen LogP contribution is 2.32. The molecule has 0 saturated heterocycles. The quantitative estimate of drug-likeness (QED) is 0.518. The van der Waals surface area contributed by atoms with Crippen molar-refractivity contribution >= 4 is 11.7 Å². The molecule has 0 radical (unpaired) electrons. The van der Waals surface area contributed by atoms with Gasteiger partial charge in [0.15, 0.2) is 5.82 Å². The van der Waals surface area contributed by atoms with Gasteiger partial charge in [-0.2, -0.15) is 18.3 Å². The molecule has 14 heteroatoms. The Balaban J connectivity index is 1.86. The van der Waals surface area contributed by atoms with Crippen molar-refractivity contribution in [1.29, 1.82) is 0 Å². The summed E-state index contributed by atoms with van der Waals surface area (Å²) >= 11 is 0. The number of carbonyl (C=O) groups excluding carboxylic acids is 1. The molecule has 0 unspecified atom stereocenters. The monoisotopic (exact) mass is 459 g/mol. The predicted molar refractivity (Wildman–Crippen MR) is 101 cm³/mol. The van der Waals surface area contributed by atoms with Gasteiger partial charge < -0.3 is 14.6 Å². The molecule has 3 aromatic rings. The second kappa shape index (κ2) is 9.38. The number of anilines is 1. The van der Waals surface area contributed by atoms with Crippen LogP contribution >= 0.6 is 0 Å². The second-order valence-electron chi connectivity index (χ2n) is 6.63. The summed E-state index contributed by atoms with van der Waals surface area (Å²) in [5.74, 6) is -1.16. The van der Waals surface area contributed by atoms with Crippen molar-refractivity contribution in [3.63, 3.8) is 0 Å². The van der Waals surface area contributed by atoms with Crippen molar-refractivity contribution < 1.29 is 31.5 Å². The molecular formula is C18H18F5N7O2. The van der Waals surface area contributed by atoms with Crippen LogP contribution in [0.15, 0.2) is 30.7 Å². The number of carbonyl (C=O) groups is 1. The summed E-state index contributed by atoms with van der Waals surface area (Å²) < 4.78 is 72.7. The Morgan fingerprint density at radius 1 is 1.28 bits per heavy atom. The SMILES string of the molecule is COCCn1cc(C(=O)Nc2cccc(-c3nncn3[C@H](C)C(F)(F)F)n2)c(C(F)F)n1. The summed E-state index contributed by atoms with van der Waals surface area (Å²) in [6.07, 6.45) is -5.47. The van der Waals surface area contributed by atoms with E-state index in [1.165, 1.54) is 25.3 Å². The Morgan fingerprint density at radius 2 is 2.03 bits per heavy atom. The Bertz CT molecular complexity index is 1080. The van der Waals surface area contributed by atoms with E-state index >= 15 is 0 Å². The van der Waals surface area contributed by atoms with Gasteiger partial charge in [-0.1, -0.05) is 6.07 Å². The number of rotatable bonds is 8. The van der Waals surface area contributed by atoms with Gasteiger partial charge in [0.1, 0.15) is 29.6 Å². The first-order valence-corrected chi connectivity index (χ1v) is 9.21. The van der Waals surface area contributed by atoms with Gasteiger partial charge in [0.2, 0.25) is 0 Å². The number of amides is 1. The zero-order chi connectivity index (χ0) is 23.5. The maximum absolute atomic E-state index is 13.3. The van der Waals surface area contributed by atoms with E-state index in [0.29, 0.717) is 0 Å². The number of nitrogens with zero attached hydrogens (tertiary/aromatic N) is 6. The van der Waals surface area contributed by atoms with E-state index in [1.807, 2.05) is 0 Å². The molecule has 9 nitrogen and oxygen atoms in total. The molecule has 1 N–H and O–H groups in total. The molecule has 0 aromatic carbocycles. The van der Waals surface area contributed by atoms with Gasteiger partial charge in [-0.3, -0.25) is 9.48 Å². The number of alkyl halides is 5. The van der Waals surface area contributed by atoms with Crippen molar-refractivity contribution in [1.82, 2.24) is 29.5 Å². The minimum atomic E-state index is -4.54. The Hall–Kier alpha value is -3.42. The Kier molecular flexibility index (Phi) is 6.81. The minimum absolute atomic E-state index is 0.00118. The fraction of sp³-hybridized carbons (Fsp3) is 0.389. The largest absolute Gasteiger partial charge is 0.408 e. The number of methoxy groups -OCH3 is 1. The van der Waals surface area contributed by atoms with Crippen LogP contribution in [0.2, 0.25) is 0 Å². The zero-order valence-corrected chi connectivity index (χ0v) is 16.8. The Labute approximate surface area is 178 Å². The molecule has 0 saturated carbocycles. The summed E-state index contributed by atoms with van der Waals surface area (Å²) in [6.45, 7) is 1.29. The average molecular weight is 459 g/mol. The van der Waals surface area contributed by atoms with Crippen LogP contribution in [0.3, 0.4) is 0 Å². The molecule has 3 aromatic heterocycles. The van der Waals surface area contributed by atoms with Crippen molar-refractivity contribution in [3.8, 4) is 11.5 Å². The van der Waals surface area contributed by atoms with Crippen molar-refractivity contribution in [3.05, 3.63) is 42.0 Å². The van der Waals surface area contributed by atoms with Gasteiger partial charge in [0, 0.05) is 13.3 Å². The molecule has 0 fully saturated rings. The topological polar surface area (TPSA) is 99.8 Å². The fourth-order valence-electron chi connectivity index (χ4n) is 2.75. The van der Waals surface area contributed by atoms with Crippen molar-refractivity contribution in [2.75, 3.05) is 19.0 Å². The van der Waals surface area contributed by atoms with Crippen LogP contribution in [0.4, 0.5) is 27.8 Å². The van der Waals surface area contributed by atoms with Crippen molar-refractivity contribution in [2.24, 2.45) is 0 Å². The first-order valence-electron chi connectivity index (χ1n) is 9.21. The molecule has 3 heterocycles. The lowest BCUT2D eigenvalue weighted by Gasteiger charge is -2.18. The normalized spacial score (nSPS) is 12.9. The highest BCUT2D eigenvalue weighted by Gasteiger charge is 2.38. The lowest BCUT2D eigenvalue weighted by atomic mass is 10.2. The van der Waals surface area contributed by atoms with E-state index in [0.717, 1.165) is 28.7 Å². The highest BCUT2D eigenvalue weighted by atomic mass is 19.4. The lowest BCUT2D eigenvalue weighted by Crippen LogP contribution is -2.24. The third-order valence-electron chi connectivity index (χ3n) is 4.45. The van der Waals surface area contributed by atoms with E-state index in [-0.39, 0.29) is 36.1 Å². The molecule has 172 valence electrons. The van der Waals surface area contributed by atoms with Gasteiger partial charge >= 0.3 is 6.18 Å². The number of nitrogens with one attached hydrogen (secondary N) is 1. The number of aromatic nitrogens is 6. The molecule has 32 heavy (non-hydrogen) atoms. The van der Waals surface area contributed by atoms with Gasteiger partial charge in [-0.25, -0.2) is 13.8 Å². The smallest absolute Gasteiger partial charge is 0.383 e. The third-order valence-corrected chi connectivity index (χ3v) is 4.45. The molecule has 0 aliphatic rings. The molecule has 1 amide bonds. The lowest BCUT2D eigenvalue weighted by molar-refractivity contribution is -0.162. The summed E-state index contributed by atoms with van der Waals surface area (Å²) in [7, 11) is 1.43. The minimum Gasteiger partial charge on any atom is -0.383 e. The van der Waals surface area contributed by atoms with Crippen LogP contribution in [0, 0.1) is 0 Å². The van der Waals surface area contributed by atoms with Crippen LogP contribution in [0.1, 0.15) is 35.4 Å². The second-order valence-corrected chi connectivity index (χ2v) is 6.63. The molecule has 3 rings (SSSR count). The number of hydrogen-bond acceptors (Lipinski definition) is 6. The van der Waals surface area contributed by atoms with Crippen molar-refractivity contribution in [2.45, 2.75) is 32.1 Å². The van der Waals surface area contributed by atoms with Crippen LogP contribution in [-0.4, -0.2) is 55.3 Å². The summed E-state index contributed by atoms with van der Waals surface area (Å²) in [4.78, 5) is 16.7.